The molecule has 0 aliphatic rings. The number of carboxylic acids is 2. The van der Waals surface area contributed by atoms with Crippen LogP contribution in [0.2, 0.25) is 0 Å². The molecule has 0 spiro atoms. The molecule has 5 atom stereocenters. The summed E-state index contributed by atoms with van der Waals surface area (Å²) in [5.74, 6) is -2.45. The number of benzene rings is 5. The summed E-state index contributed by atoms with van der Waals surface area (Å²) in [5.41, 5.74) is 19.6. The van der Waals surface area contributed by atoms with Crippen molar-refractivity contribution in [1.82, 2.24) is 0 Å². The summed E-state index contributed by atoms with van der Waals surface area (Å²) in [6.07, 6.45) is 0.0689. The van der Waals surface area contributed by atoms with E-state index in [1.54, 1.807) is 60.7 Å². The van der Waals surface area contributed by atoms with E-state index >= 15 is 0 Å². The van der Waals surface area contributed by atoms with E-state index in [-0.39, 0.29) is 47.1 Å². The van der Waals surface area contributed by atoms with Crippen LogP contribution in [0.4, 0.5) is 0 Å². The molecule has 0 radical (unpaired) electrons. The first-order chi connectivity index (χ1) is 29.3. The number of hydrogen-bond acceptors (Lipinski definition) is 10. The minimum Gasteiger partial charge on any atom is -0.870 e. The standard InChI is InChI=1S/3C11H17NO.2C8H8O3.Na.H2O/c3*1-10(12)7-8-13-9-11-5-3-2-4-6-11;2*9-7(8(10)11)6-4-2-1-3-5-6;;/h3*2-6,10H,7-9,12H2,1H3;2*1-5,7,9H,(H,10,11);;1H2/q;;;;;+1;/t3*10-;2*7-;;/m10011../s1. The Morgan fingerprint density at radius 3 is 0.952 bits per heavy atom. The molecule has 0 saturated carbocycles. The number of aliphatic hydroxyl groups excluding tert-OH is 2. The fourth-order valence-corrected chi connectivity index (χ4v) is 4.67. The minimum absolute atomic E-state index is 0. The molecule has 12 N–H and O–H groups in total. The maximum Gasteiger partial charge on any atom is 1.00 e. The van der Waals surface area contributed by atoms with E-state index in [1.807, 2.05) is 68.4 Å². The van der Waals surface area contributed by atoms with Gasteiger partial charge in [0.05, 0.1) is 32.5 Å². The van der Waals surface area contributed by atoms with Crippen molar-refractivity contribution in [2.75, 3.05) is 19.8 Å². The molecule has 340 valence electrons. The zero-order chi connectivity index (χ0) is 45.1. The number of aliphatic carboxylic acids is 2. The van der Waals surface area contributed by atoms with Crippen molar-refractivity contribution < 1.29 is 85.0 Å². The fraction of sp³-hybridized carbons (Fsp3) is 0.347. The van der Waals surface area contributed by atoms with Crippen molar-refractivity contribution in [3.63, 3.8) is 0 Å². The van der Waals surface area contributed by atoms with Gasteiger partial charge in [0.15, 0.2) is 12.2 Å². The van der Waals surface area contributed by atoms with Gasteiger partial charge in [-0.2, -0.15) is 0 Å². The molecule has 13 nitrogen and oxygen atoms in total. The first kappa shape index (κ1) is 60.8. The summed E-state index contributed by atoms with van der Waals surface area (Å²) < 4.78 is 16.4. The Balaban J connectivity index is 0. The van der Waals surface area contributed by atoms with Gasteiger partial charge in [-0.15, -0.1) is 0 Å². The summed E-state index contributed by atoms with van der Waals surface area (Å²) in [5, 5.41) is 34.8. The SMILES string of the molecule is C[C@@H](N)CCOCc1ccccc1.C[C@H](N)CCOCc1ccccc1.C[C@H]([NH3+])CCOCc1ccccc1.O=C(O)[C@H](O)c1ccccc1.O=C(O)[C@H](O)c1ccccc1.[Na+].[OH-]. The third-order valence-electron chi connectivity index (χ3n) is 8.22. The van der Waals surface area contributed by atoms with Gasteiger partial charge in [-0.3, -0.25) is 0 Å². The number of quaternary nitrogens is 1. The van der Waals surface area contributed by atoms with Crippen molar-refractivity contribution in [3.05, 3.63) is 179 Å². The van der Waals surface area contributed by atoms with Gasteiger partial charge in [0, 0.05) is 31.7 Å². The fourth-order valence-electron chi connectivity index (χ4n) is 4.67. The van der Waals surface area contributed by atoms with Crippen molar-refractivity contribution >= 4 is 11.9 Å². The summed E-state index contributed by atoms with van der Waals surface area (Å²) >= 11 is 0. The van der Waals surface area contributed by atoms with Gasteiger partial charge in [0.1, 0.15) is 0 Å². The number of rotatable bonds is 19. The van der Waals surface area contributed by atoms with Crippen molar-refractivity contribution in [3.8, 4) is 0 Å². The zero-order valence-corrected chi connectivity index (χ0v) is 39.3. The number of carbonyl (C=O) groups is 2. The third kappa shape index (κ3) is 33.9. The van der Waals surface area contributed by atoms with Crippen LogP contribution >= 0.6 is 0 Å². The van der Waals surface area contributed by atoms with Gasteiger partial charge in [-0.1, -0.05) is 152 Å². The van der Waals surface area contributed by atoms with Crippen LogP contribution in [0.5, 0.6) is 0 Å². The van der Waals surface area contributed by atoms with E-state index in [0.29, 0.717) is 37.0 Å². The van der Waals surface area contributed by atoms with Crippen LogP contribution in [0.3, 0.4) is 0 Å². The van der Waals surface area contributed by atoms with Gasteiger partial charge in [0.2, 0.25) is 0 Å². The number of ether oxygens (including phenoxy) is 3. The molecule has 63 heavy (non-hydrogen) atoms. The van der Waals surface area contributed by atoms with E-state index < -0.39 is 24.1 Å². The Bertz CT molecular complexity index is 1600. The molecule has 0 aliphatic carbocycles. The van der Waals surface area contributed by atoms with Gasteiger partial charge >= 0.3 is 41.5 Å². The second-order valence-electron chi connectivity index (χ2n) is 14.3. The van der Waals surface area contributed by atoms with E-state index in [0.717, 1.165) is 39.1 Å². The second-order valence-corrected chi connectivity index (χ2v) is 14.3. The smallest absolute Gasteiger partial charge is 0.870 e. The molecule has 0 bridgehead atoms. The van der Waals surface area contributed by atoms with E-state index in [4.69, 9.17) is 46.1 Å². The summed E-state index contributed by atoms with van der Waals surface area (Å²) in [4.78, 5) is 20.5. The molecule has 0 unspecified atom stereocenters. The molecule has 0 fully saturated rings. The van der Waals surface area contributed by atoms with Gasteiger partial charge < -0.3 is 57.3 Å². The van der Waals surface area contributed by atoms with E-state index in [9.17, 15) is 9.59 Å². The quantitative estimate of drug-likeness (QED) is 0.0465. The normalized spacial score (nSPS) is 12.3. The maximum absolute atomic E-state index is 10.2. The van der Waals surface area contributed by atoms with E-state index in [1.165, 1.54) is 16.7 Å². The molecule has 0 aromatic heterocycles. The Hall–Kier alpha value is -4.32. The van der Waals surface area contributed by atoms with Crippen molar-refractivity contribution in [2.45, 2.75) is 90.2 Å². The van der Waals surface area contributed by atoms with Crippen molar-refractivity contribution in [2.24, 2.45) is 11.5 Å². The molecule has 5 aromatic rings. The van der Waals surface area contributed by atoms with Crippen LogP contribution in [0.1, 0.15) is 80.1 Å². The molecule has 14 heteroatoms. The average Bonchev–Trinajstić information content (AvgIpc) is 3.27. The third-order valence-corrected chi connectivity index (χ3v) is 8.22. The van der Waals surface area contributed by atoms with Crippen LogP contribution in [-0.2, 0) is 43.6 Å². The van der Waals surface area contributed by atoms with Gasteiger partial charge in [-0.05, 0) is 61.4 Å². The molecule has 5 aromatic carbocycles. The largest absolute Gasteiger partial charge is 1.00 e. The average molecular weight is 883 g/mol. The monoisotopic (exact) mass is 882 g/mol. The Morgan fingerprint density at radius 2 is 0.730 bits per heavy atom. The minimum atomic E-state index is -1.41. The molecule has 0 amide bonds. The van der Waals surface area contributed by atoms with Crippen LogP contribution in [0, 0.1) is 0 Å². The summed E-state index contributed by atoms with van der Waals surface area (Å²) in [6.45, 7) is 10.5. The van der Waals surface area contributed by atoms with Crippen LogP contribution in [-0.4, -0.2) is 75.8 Å². The summed E-state index contributed by atoms with van der Waals surface area (Å²) in [6, 6.07) is 48.0. The second kappa shape index (κ2) is 39.3. The first-order valence-corrected chi connectivity index (χ1v) is 20.4. The van der Waals surface area contributed by atoms with E-state index in [2.05, 4.69) is 49.1 Å². The summed E-state index contributed by atoms with van der Waals surface area (Å²) in [7, 11) is 0. The topological polar surface area (TPSA) is 252 Å². The molecule has 0 saturated heterocycles. The Kier molecular flexibility index (Phi) is 37.9. The maximum atomic E-state index is 10.2. The van der Waals surface area contributed by atoms with Crippen LogP contribution in [0.25, 0.3) is 0 Å². The number of carboxylic acid groups (broad SMARTS) is 2. The Morgan fingerprint density at radius 1 is 0.492 bits per heavy atom. The zero-order valence-electron chi connectivity index (χ0n) is 37.3. The molecule has 0 aliphatic heterocycles. The van der Waals surface area contributed by atoms with Gasteiger partial charge in [0.25, 0.3) is 0 Å². The molecule has 5 rings (SSSR count). The predicted octanol–water partition coefficient (Wildman–Crippen LogP) is 3.54. The number of nitrogens with two attached hydrogens (primary N) is 2. The first-order valence-electron chi connectivity index (χ1n) is 20.4. The number of aliphatic hydroxyl groups is 2. The van der Waals surface area contributed by atoms with Crippen LogP contribution in [0.15, 0.2) is 152 Å². The molecule has 0 heterocycles. The number of hydrogen-bond donors (Lipinski definition) is 7. The predicted molar refractivity (Wildman–Crippen MR) is 242 cm³/mol. The molecular weight excluding hydrogens is 814 g/mol. The van der Waals surface area contributed by atoms with Gasteiger partial charge in [-0.25, -0.2) is 9.59 Å². The Labute approximate surface area is 395 Å². The molecular formula is C49H69N3NaO10+. The van der Waals surface area contributed by atoms with Crippen molar-refractivity contribution in [1.29, 1.82) is 0 Å². The van der Waals surface area contributed by atoms with Crippen LogP contribution < -0.4 is 46.8 Å².